The molecule has 1 aliphatic heterocycles. The van der Waals surface area contributed by atoms with Gasteiger partial charge in [-0.3, -0.25) is 9.36 Å². The van der Waals surface area contributed by atoms with E-state index < -0.39 is 7.60 Å². The van der Waals surface area contributed by atoms with Crippen LogP contribution in [0.3, 0.4) is 0 Å². The van der Waals surface area contributed by atoms with E-state index in [1.54, 1.807) is 6.07 Å². The van der Waals surface area contributed by atoms with Crippen molar-refractivity contribution in [2.24, 2.45) is 5.92 Å². The van der Waals surface area contributed by atoms with E-state index in [4.69, 9.17) is 13.8 Å². The van der Waals surface area contributed by atoms with Gasteiger partial charge in [0.1, 0.15) is 6.16 Å². The third-order valence-corrected chi connectivity index (χ3v) is 5.80. The highest BCUT2D eigenvalue weighted by molar-refractivity contribution is 7.54. The van der Waals surface area contributed by atoms with Crippen LogP contribution in [0.4, 0.5) is 0 Å². The van der Waals surface area contributed by atoms with Crippen LogP contribution in [0.2, 0.25) is 0 Å². The lowest BCUT2D eigenvalue weighted by Crippen LogP contribution is -2.17. The molecule has 0 saturated carbocycles. The van der Waals surface area contributed by atoms with Crippen molar-refractivity contribution in [2.75, 3.05) is 33.6 Å². The summed E-state index contributed by atoms with van der Waals surface area (Å²) in [5.41, 5.74) is 1.68. The first kappa shape index (κ1) is 17.4. The van der Waals surface area contributed by atoms with Gasteiger partial charge in [-0.15, -0.1) is 0 Å². The van der Waals surface area contributed by atoms with Crippen molar-refractivity contribution in [1.82, 2.24) is 0 Å². The van der Waals surface area contributed by atoms with Gasteiger partial charge < -0.3 is 13.8 Å². The van der Waals surface area contributed by atoms with Crippen LogP contribution >= 0.6 is 7.60 Å². The Balaban J connectivity index is 2.04. The Kier molecular flexibility index (Phi) is 6.33. The number of benzene rings is 1. The van der Waals surface area contributed by atoms with Gasteiger partial charge in [-0.25, -0.2) is 0 Å². The molecule has 0 aliphatic carbocycles. The number of carbonyl (C=O) groups excluding carboxylic acids is 1. The average molecular weight is 326 g/mol. The van der Waals surface area contributed by atoms with Crippen LogP contribution < -0.4 is 0 Å². The summed E-state index contributed by atoms with van der Waals surface area (Å²) < 4.78 is 27.1. The quantitative estimate of drug-likeness (QED) is 0.568. The fourth-order valence-corrected chi connectivity index (χ4v) is 3.57. The molecule has 0 spiro atoms. The third kappa shape index (κ3) is 4.75. The lowest BCUT2D eigenvalue weighted by molar-refractivity contribution is 0.0665. The first-order valence-electron chi connectivity index (χ1n) is 7.47. The zero-order valence-electron chi connectivity index (χ0n) is 13.1. The van der Waals surface area contributed by atoms with Crippen molar-refractivity contribution in [1.29, 1.82) is 0 Å². The SMILES string of the molecule is COP(=O)(CC(=O)c1cccc(CC2CCOCC2)c1)OC. The molecule has 0 atom stereocenters. The monoisotopic (exact) mass is 326 g/mol. The van der Waals surface area contributed by atoms with Crippen molar-refractivity contribution in [3.05, 3.63) is 35.4 Å². The molecular formula is C16H23O5P. The van der Waals surface area contributed by atoms with E-state index in [0.717, 1.165) is 38.0 Å². The van der Waals surface area contributed by atoms with Gasteiger partial charge in [-0.2, -0.15) is 0 Å². The standard InChI is InChI=1S/C16H23O5P/c1-19-22(18,20-2)12-16(17)15-5-3-4-14(11-15)10-13-6-8-21-9-7-13/h3-5,11,13H,6-10,12H2,1-2H3. The minimum atomic E-state index is -3.32. The Morgan fingerprint density at radius 3 is 2.59 bits per heavy atom. The van der Waals surface area contributed by atoms with Gasteiger partial charge in [0.25, 0.3) is 0 Å². The number of Topliss-reactive ketones (excluding diaryl/α,β-unsaturated/α-hetero) is 1. The van der Waals surface area contributed by atoms with E-state index >= 15 is 0 Å². The first-order valence-corrected chi connectivity index (χ1v) is 9.19. The zero-order chi connectivity index (χ0) is 16.0. The molecule has 5 nitrogen and oxygen atoms in total. The van der Waals surface area contributed by atoms with Gasteiger partial charge in [0.2, 0.25) is 0 Å². The van der Waals surface area contributed by atoms with Gasteiger partial charge in [-0.1, -0.05) is 18.2 Å². The van der Waals surface area contributed by atoms with E-state index in [9.17, 15) is 9.36 Å². The number of rotatable bonds is 7. The molecule has 0 N–H and O–H groups in total. The molecule has 122 valence electrons. The minimum Gasteiger partial charge on any atom is -0.381 e. The normalized spacial score (nSPS) is 16.6. The Bertz CT molecular complexity index is 543. The second-order valence-corrected chi connectivity index (χ2v) is 7.79. The van der Waals surface area contributed by atoms with Crippen molar-refractivity contribution < 1.29 is 23.1 Å². The molecule has 0 radical (unpaired) electrons. The summed E-state index contributed by atoms with van der Waals surface area (Å²) in [6.07, 6.45) is 2.82. The van der Waals surface area contributed by atoms with E-state index in [0.29, 0.717) is 11.5 Å². The van der Waals surface area contributed by atoms with Crippen LogP contribution in [0.5, 0.6) is 0 Å². The highest BCUT2D eigenvalue weighted by atomic mass is 31.2. The van der Waals surface area contributed by atoms with E-state index in [1.807, 2.05) is 18.2 Å². The number of hydrogen-bond donors (Lipinski definition) is 0. The maximum absolute atomic E-state index is 12.3. The van der Waals surface area contributed by atoms with Crippen LogP contribution in [0.1, 0.15) is 28.8 Å². The van der Waals surface area contributed by atoms with Gasteiger partial charge in [-0.05, 0) is 36.8 Å². The molecule has 1 aromatic carbocycles. The topological polar surface area (TPSA) is 61.8 Å². The summed E-state index contributed by atoms with van der Waals surface area (Å²) in [7, 11) is -0.737. The maximum atomic E-state index is 12.3. The summed E-state index contributed by atoms with van der Waals surface area (Å²) in [6, 6.07) is 7.52. The van der Waals surface area contributed by atoms with Crippen LogP contribution in [0.15, 0.2) is 24.3 Å². The Hall–Kier alpha value is -1.00. The second kappa shape index (κ2) is 8.02. The smallest absolute Gasteiger partial charge is 0.337 e. The summed E-state index contributed by atoms with van der Waals surface area (Å²) in [5.74, 6) is 0.379. The molecule has 6 heteroatoms. The molecular weight excluding hydrogens is 303 g/mol. The summed E-state index contributed by atoms with van der Waals surface area (Å²) in [5, 5.41) is 0. The number of ketones is 1. The van der Waals surface area contributed by atoms with Crippen molar-refractivity contribution in [2.45, 2.75) is 19.3 Å². The minimum absolute atomic E-state index is 0.221. The molecule has 0 unspecified atom stereocenters. The zero-order valence-corrected chi connectivity index (χ0v) is 14.0. The van der Waals surface area contributed by atoms with Gasteiger partial charge in [0.05, 0.1) is 0 Å². The van der Waals surface area contributed by atoms with Crippen LogP contribution in [0.25, 0.3) is 0 Å². The Morgan fingerprint density at radius 2 is 1.95 bits per heavy atom. The van der Waals surface area contributed by atoms with Crippen molar-refractivity contribution in [3.8, 4) is 0 Å². The Morgan fingerprint density at radius 1 is 1.27 bits per heavy atom. The molecule has 1 aromatic rings. The highest BCUT2D eigenvalue weighted by Gasteiger charge is 2.26. The number of carbonyl (C=O) groups is 1. The second-order valence-electron chi connectivity index (χ2n) is 5.52. The van der Waals surface area contributed by atoms with E-state index in [-0.39, 0.29) is 11.9 Å². The molecule has 1 fully saturated rings. The van der Waals surface area contributed by atoms with E-state index in [2.05, 4.69) is 0 Å². The summed E-state index contributed by atoms with van der Waals surface area (Å²) in [6.45, 7) is 1.63. The molecule has 1 aliphatic rings. The van der Waals surface area contributed by atoms with Gasteiger partial charge in [0.15, 0.2) is 5.78 Å². The largest absolute Gasteiger partial charge is 0.381 e. The van der Waals surface area contributed by atoms with Crippen molar-refractivity contribution >= 4 is 13.4 Å². The summed E-state index contributed by atoms with van der Waals surface area (Å²) in [4.78, 5) is 12.3. The average Bonchev–Trinajstić information content (AvgIpc) is 2.56. The molecule has 0 amide bonds. The molecule has 0 aromatic heterocycles. The Labute approximate surface area is 131 Å². The molecule has 22 heavy (non-hydrogen) atoms. The van der Waals surface area contributed by atoms with E-state index in [1.165, 1.54) is 14.2 Å². The highest BCUT2D eigenvalue weighted by Crippen LogP contribution is 2.46. The first-order chi connectivity index (χ1) is 10.6. The maximum Gasteiger partial charge on any atom is 0.337 e. The van der Waals surface area contributed by atoms with Crippen LogP contribution in [-0.2, 0) is 24.8 Å². The lowest BCUT2D eigenvalue weighted by Gasteiger charge is -2.22. The molecule has 2 rings (SSSR count). The van der Waals surface area contributed by atoms with Crippen molar-refractivity contribution in [3.63, 3.8) is 0 Å². The summed E-state index contributed by atoms with van der Waals surface area (Å²) >= 11 is 0. The lowest BCUT2D eigenvalue weighted by atomic mass is 9.91. The number of hydrogen-bond acceptors (Lipinski definition) is 5. The van der Waals surface area contributed by atoms with Crippen LogP contribution in [0, 0.1) is 5.92 Å². The molecule has 1 saturated heterocycles. The molecule has 0 bridgehead atoms. The van der Waals surface area contributed by atoms with Gasteiger partial charge in [0, 0.05) is 33.0 Å². The fraction of sp³-hybridized carbons (Fsp3) is 0.562. The fourth-order valence-electron chi connectivity index (χ4n) is 2.63. The number of ether oxygens (including phenoxy) is 1. The third-order valence-electron chi connectivity index (χ3n) is 4.01. The predicted molar refractivity (Wildman–Crippen MR) is 84.5 cm³/mol. The van der Waals surface area contributed by atoms with Crippen LogP contribution in [-0.4, -0.2) is 39.4 Å². The predicted octanol–water partition coefficient (Wildman–Crippen LogP) is 3.32. The van der Waals surface area contributed by atoms with Gasteiger partial charge >= 0.3 is 7.60 Å². The molecule has 1 heterocycles.